The minimum Gasteiger partial charge on any atom is -0.462 e. The van der Waals surface area contributed by atoms with Gasteiger partial charge in [-0.2, -0.15) is 0 Å². The number of rotatable bonds is 73. The molecule has 0 bridgehead atoms. The maximum atomic E-state index is 13.1. The monoisotopic (exact) mass is 1470 g/mol. The van der Waals surface area contributed by atoms with Gasteiger partial charge in [0.1, 0.15) is 19.3 Å². The van der Waals surface area contributed by atoms with E-state index in [4.69, 9.17) is 37.0 Å². The first kappa shape index (κ1) is 97.2. The Morgan fingerprint density at radius 3 is 0.873 bits per heavy atom. The van der Waals surface area contributed by atoms with Crippen LogP contribution in [0, 0.1) is 0 Å². The van der Waals surface area contributed by atoms with E-state index in [1.54, 1.807) is 0 Å². The highest BCUT2D eigenvalue weighted by Gasteiger charge is 2.30. The summed E-state index contributed by atoms with van der Waals surface area (Å²) in [4.78, 5) is 72.9. The SMILES string of the molecule is CC/C=C\C/C=C\C/C=C\C/C=C\C/C=C\C/C=C\CCC(=O)OCC(COP(=O)(O)OCC(O)COP(=O)(O)OCC(COC(=O)CCCCCCC/C=C\C/C=C\CCCCC)OC(=O)CCCCCCC/C=C\CCCCCC)OC(=O)CCCCCCC/C=C\C/C=C\CCCCC. The van der Waals surface area contributed by atoms with Crippen LogP contribution >= 0.6 is 15.6 Å². The van der Waals surface area contributed by atoms with Gasteiger partial charge < -0.3 is 33.8 Å². The van der Waals surface area contributed by atoms with Gasteiger partial charge in [-0.15, -0.1) is 0 Å². The second-order valence-corrected chi connectivity index (χ2v) is 28.8. The lowest BCUT2D eigenvalue weighted by molar-refractivity contribution is -0.161. The summed E-state index contributed by atoms with van der Waals surface area (Å²) in [5.74, 6) is -2.31. The number of aliphatic hydroxyl groups is 1. The van der Waals surface area contributed by atoms with Crippen molar-refractivity contribution in [2.45, 2.75) is 329 Å². The van der Waals surface area contributed by atoms with E-state index < -0.39 is 97.5 Å². The van der Waals surface area contributed by atoms with Crippen LogP contribution in [0.3, 0.4) is 0 Å². The zero-order valence-electron chi connectivity index (χ0n) is 63.7. The predicted octanol–water partition coefficient (Wildman–Crippen LogP) is 22.9. The lowest BCUT2D eigenvalue weighted by Crippen LogP contribution is -2.30. The number of phosphoric acid groups is 2. The van der Waals surface area contributed by atoms with Gasteiger partial charge in [0.2, 0.25) is 0 Å². The molecule has 0 spiro atoms. The summed E-state index contributed by atoms with van der Waals surface area (Å²) in [5, 5.41) is 10.6. The normalized spacial score (nSPS) is 14.6. The zero-order chi connectivity index (χ0) is 74.6. The van der Waals surface area contributed by atoms with E-state index in [1.165, 1.54) is 64.2 Å². The van der Waals surface area contributed by atoms with E-state index in [0.29, 0.717) is 32.1 Å². The summed E-state index contributed by atoms with van der Waals surface area (Å²) in [6.45, 7) is 4.57. The summed E-state index contributed by atoms with van der Waals surface area (Å²) >= 11 is 0. The molecule has 0 aliphatic carbocycles. The Bertz CT molecular complexity index is 2460. The van der Waals surface area contributed by atoms with E-state index in [9.17, 15) is 43.2 Å². The summed E-state index contributed by atoms with van der Waals surface area (Å²) in [6.07, 6.45) is 83.0. The van der Waals surface area contributed by atoms with Crippen LogP contribution in [0.15, 0.2) is 134 Å². The molecule has 0 aromatic heterocycles. The molecule has 0 aromatic rings. The van der Waals surface area contributed by atoms with Crippen LogP contribution in [-0.2, 0) is 65.4 Å². The van der Waals surface area contributed by atoms with Crippen LogP contribution < -0.4 is 0 Å². The summed E-state index contributed by atoms with van der Waals surface area (Å²) in [5.41, 5.74) is 0. The fraction of sp³-hybridized carbons (Fsp3) is 0.687. The first-order valence-electron chi connectivity index (χ1n) is 39.4. The molecular formula is C83H140O17P2. The Kier molecular flexibility index (Phi) is 71.0. The van der Waals surface area contributed by atoms with Crippen molar-refractivity contribution < 1.29 is 80.2 Å². The molecule has 19 heteroatoms. The fourth-order valence-electron chi connectivity index (χ4n) is 10.1. The second kappa shape index (κ2) is 74.5. The number of aliphatic hydroxyl groups excluding tert-OH is 1. The van der Waals surface area contributed by atoms with E-state index in [0.717, 1.165) is 161 Å². The molecule has 0 amide bonds. The van der Waals surface area contributed by atoms with E-state index in [-0.39, 0.29) is 25.7 Å². The smallest absolute Gasteiger partial charge is 0.462 e. The average Bonchev–Trinajstić information content (AvgIpc) is 0.924. The van der Waals surface area contributed by atoms with Crippen LogP contribution in [0.25, 0.3) is 0 Å². The Morgan fingerprint density at radius 2 is 0.529 bits per heavy atom. The summed E-state index contributed by atoms with van der Waals surface area (Å²) in [6, 6.07) is 0. The number of esters is 4. The highest BCUT2D eigenvalue weighted by molar-refractivity contribution is 7.47. The third-order valence-electron chi connectivity index (χ3n) is 16.1. The molecular weight excluding hydrogens is 1330 g/mol. The van der Waals surface area contributed by atoms with Gasteiger partial charge in [-0.3, -0.25) is 37.3 Å². The minimum absolute atomic E-state index is 0.0299. The number of allylic oxidation sites excluding steroid dienone is 22. The lowest BCUT2D eigenvalue weighted by atomic mass is 10.1. The van der Waals surface area contributed by atoms with Gasteiger partial charge in [0.25, 0.3) is 0 Å². The van der Waals surface area contributed by atoms with Crippen molar-refractivity contribution in [1.29, 1.82) is 0 Å². The van der Waals surface area contributed by atoms with Crippen molar-refractivity contribution >= 4 is 39.5 Å². The predicted molar refractivity (Wildman–Crippen MR) is 418 cm³/mol. The number of ether oxygens (including phenoxy) is 4. The van der Waals surface area contributed by atoms with Crippen molar-refractivity contribution in [2.24, 2.45) is 0 Å². The Labute approximate surface area is 618 Å². The summed E-state index contributed by atoms with van der Waals surface area (Å²) < 4.78 is 68.4. The average molecular weight is 1470 g/mol. The molecule has 584 valence electrons. The summed E-state index contributed by atoms with van der Waals surface area (Å²) in [7, 11) is -9.99. The molecule has 3 N–H and O–H groups in total. The van der Waals surface area contributed by atoms with Gasteiger partial charge in [0.15, 0.2) is 12.2 Å². The number of unbranched alkanes of at least 4 members (excludes halogenated alkanes) is 25. The maximum Gasteiger partial charge on any atom is 0.472 e. The first-order chi connectivity index (χ1) is 49.7. The van der Waals surface area contributed by atoms with Crippen LogP contribution in [0.5, 0.6) is 0 Å². The van der Waals surface area contributed by atoms with Gasteiger partial charge in [0.05, 0.1) is 26.4 Å². The molecule has 17 nitrogen and oxygen atoms in total. The van der Waals surface area contributed by atoms with Crippen LogP contribution in [0.1, 0.15) is 310 Å². The molecule has 0 saturated carbocycles. The lowest BCUT2D eigenvalue weighted by Gasteiger charge is -2.21. The molecule has 0 saturated heterocycles. The van der Waals surface area contributed by atoms with E-state index in [1.807, 2.05) is 18.2 Å². The molecule has 0 radical (unpaired) electrons. The molecule has 0 aromatic carbocycles. The largest absolute Gasteiger partial charge is 0.472 e. The first-order valence-corrected chi connectivity index (χ1v) is 42.4. The minimum atomic E-state index is -5.00. The van der Waals surface area contributed by atoms with E-state index >= 15 is 0 Å². The standard InChI is InChI=1S/C83H140O17P2/c1-5-9-13-17-21-25-29-33-36-37-38-39-42-45-48-52-56-60-64-68-81(86)94-74-79(100-83(88)70-66-62-58-54-50-46-41-35-31-27-23-19-15-11-7-3)76-98-102(91,92)96-72-77(84)71-95-101(89,90)97-75-78(99-82(87)69-65-61-57-53-49-43-32-28-24-20-16-12-8-4)73-93-80(85)67-63-59-55-51-47-44-40-34-30-26-22-18-14-10-6-2/h9,13,21-23,25-28,32-36,38-41,45,48,56,60,77-79,84H,5-8,10-12,14-20,24,29-31,37,42-44,46-47,49-55,57-59,61-76H2,1-4H3,(H,89,90)(H,91,92)/b13-9-,25-21-,26-22-,27-23-,32-28-,36-33-,39-38-,40-34-,41-35-,48-45-,60-56-. The molecule has 5 unspecified atom stereocenters. The van der Waals surface area contributed by atoms with E-state index in [2.05, 4.69) is 143 Å². The van der Waals surface area contributed by atoms with Crippen LogP contribution in [-0.4, -0.2) is 96.7 Å². The van der Waals surface area contributed by atoms with Crippen LogP contribution in [0.4, 0.5) is 0 Å². The van der Waals surface area contributed by atoms with Gasteiger partial charge >= 0.3 is 39.5 Å². The molecule has 0 heterocycles. The highest BCUT2D eigenvalue weighted by Crippen LogP contribution is 2.45. The second-order valence-electron chi connectivity index (χ2n) is 25.9. The number of carbonyl (C=O) groups is 4. The number of carbonyl (C=O) groups excluding carboxylic acids is 4. The third kappa shape index (κ3) is 73.5. The van der Waals surface area contributed by atoms with Gasteiger partial charge in [-0.05, 0) is 154 Å². The van der Waals surface area contributed by atoms with Gasteiger partial charge in [0, 0.05) is 25.7 Å². The van der Waals surface area contributed by atoms with Crippen molar-refractivity contribution in [1.82, 2.24) is 0 Å². The van der Waals surface area contributed by atoms with Gasteiger partial charge in [-0.1, -0.05) is 264 Å². The van der Waals surface area contributed by atoms with Gasteiger partial charge in [-0.25, -0.2) is 9.13 Å². The highest BCUT2D eigenvalue weighted by atomic mass is 31.2. The molecule has 0 aliphatic rings. The number of hydrogen-bond donors (Lipinski definition) is 3. The molecule has 102 heavy (non-hydrogen) atoms. The number of phosphoric ester groups is 2. The van der Waals surface area contributed by atoms with Crippen molar-refractivity contribution in [3.05, 3.63) is 134 Å². The van der Waals surface area contributed by atoms with Crippen molar-refractivity contribution in [2.75, 3.05) is 39.6 Å². The molecule has 0 aliphatic heterocycles. The van der Waals surface area contributed by atoms with Crippen LogP contribution in [0.2, 0.25) is 0 Å². The Hall–Kier alpha value is -4.80. The Balaban J connectivity index is 5.44. The van der Waals surface area contributed by atoms with Crippen molar-refractivity contribution in [3.8, 4) is 0 Å². The Morgan fingerprint density at radius 1 is 0.284 bits per heavy atom. The maximum absolute atomic E-state index is 13.1. The fourth-order valence-corrected chi connectivity index (χ4v) is 11.6. The van der Waals surface area contributed by atoms with Crippen molar-refractivity contribution in [3.63, 3.8) is 0 Å². The third-order valence-corrected chi connectivity index (χ3v) is 18.0. The quantitative estimate of drug-likeness (QED) is 0.0169. The molecule has 0 rings (SSSR count). The molecule has 0 fully saturated rings. The number of hydrogen-bond acceptors (Lipinski definition) is 15. The topological polar surface area (TPSA) is 237 Å². The zero-order valence-corrected chi connectivity index (χ0v) is 65.5. The molecule has 5 atom stereocenters.